The van der Waals surface area contributed by atoms with Crippen LogP contribution in [0.4, 0.5) is 0 Å². The van der Waals surface area contributed by atoms with Gasteiger partial charge in [0.05, 0.1) is 6.04 Å². The summed E-state index contributed by atoms with van der Waals surface area (Å²) in [6, 6.07) is -4.19. The van der Waals surface area contributed by atoms with E-state index in [1.807, 2.05) is 0 Å². The minimum Gasteiger partial charge on any atom is -0.480 e. The van der Waals surface area contributed by atoms with E-state index in [0.29, 0.717) is 12.8 Å². The molecule has 1 aliphatic heterocycles. The number of likely N-dealkylation sites (tertiary alicyclic amines) is 1. The average Bonchev–Trinajstić information content (AvgIpc) is 3.17. The number of primary amides is 1. The van der Waals surface area contributed by atoms with Crippen molar-refractivity contribution in [1.82, 2.24) is 15.5 Å². The predicted molar refractivity (Wildman–Crippen MR) is 110 cm³/mol. The molecule has 0 aromatic carbocycles. The highest BCUT2D eigenvalue weighted by molar-refractivity contribution is 7.80. The first-order valence-electron chi connectivity index (χ1n) is 9.02. The third-order valence-corrected chi connectivity index (χ3v) is 5.22. The second-order valence-corrected chi connectivity index (χ2v) is 7.36. The lowest BCUT2D eigenvalue weighted by molar-refractivity contribution is -0.149. The molecule has 1 rings (SSSR count). The molecule has 29 heavy (non-hydrogen) atoms. The molecule has 1 aliphatic rings. The van der Waals surface area contributed by atoms with Gasteiger partial charge in [0.2, 0.25) is 23.6 Å². The molecule has 4 amide bonds. The summed E-state index contributed by atoms with van der Waals surface area (Å²) in [5, 5.41) is 14.2. The van der Waals surface area contributed by atoms with Crippen molar-refractivity contribution in [1.29, 1.82) is 0 Å². The number of hydrogen-bond donors (Lipinski definition) is 7. The van der Waals surface area contributed by atoms with Crippen LogP contribution in [0.25, 0.3) is 0 Å². The summed E-state index contributed by atoms with van der Waals surface area (Å²) in [5.74, 6) is -3.77. The van der Waals surface area contributed by atoms with Gasteiger partial charge in [0.1, 0.15) is 18.1 Å². The van der Waals surface area contributed by atoms with Gasteiger partial charge in [-0.2, -0.15) is 25.3 Å². The maximum absolute atomic E-state index is 12.9. The number of nitrogens with two attached hydrogens (primary N) is 2. The van der Waals surface area contributed by atoms with E-state index in [1.54, 1.807) is 0 Å². The third kappa shape index (κ3) is 7.40. The van der Waals surface area contributed by atoms with Gasteiger partial charge in [-0.05, 0) is 19.3 Å². The molecule has 0 radical (unpaired) electrons. The number of aliphatic carboxylic acids is 1. The molecule has 11 nitrogen and oxygen atoms in total. The third-order valence-electron chi connectivity index (χ3n) is 4.46. The molecule has 1 heterocycles. The zero-order chi connectivity index (χ0) is 22.1. The van der Waals surface area contributed by atoms with E-state index < -0.39 is 53.8 Å². The maximum Gasteiger partial charge on any atom is 0.326 e. The molecule has 1 saturated heterocycles. The van der Waals surface area contributed by atoms with Crippen LogP contribution in [0.15, 0.2) is 0 Å². The standard InChI is InChI=1S/C16H27N5O6S2/c17-8(6-28)13(23)20-10(7-29)14(24)19-9(3-4-12(18)22)15(25)21-5-1-2-11(21)16(26)27/h8-11,28-29H,1-7,17H2,(H2,18,22)(H,19,24)(H,20,23)(H,26,27). The Bertz CT molecular complexity index is 649. The van der Waals surface area contributed by atoms with Gasteiger partial charge in [-0.25, -0.2) is 4.79 Å². The van der Waals surface area contributed by atoms with Crippen LogP contribution in [0.5, 0.6) is 0 Å². The van der Waals surface area contributed by atoms with E-state index in [1.165, 1.54) is 4.90 Å². The Balaban J connectivity index is 2.91. The average molecular weight is 450 g/mol. The van der Waals surface area contributed by atoms with Crippen LogP contribution >= 0.6 is 25.3 Å². The van der Waals surface area contributed by atoms with Crippen LogP contribution in [0.3, 0.4) is 0 Å². The van der Waals surface area contributed by atoms with E-state index >= 15 is 0 Å². The lowest BCUT2D eigenvalue weighted by Crippen LogP contribution is -2.58. The molecule has 0 saturated carbocycles. The van der Waals surface area contributed by atoms with Crippen molar-refractivity contribution in [3.63, 3.8) is 0 Å². The van der Waals surface area contributed by atoms with Gasteiger partial charge in [0.25, 0.3) is 0 Å². The molecule has 13 heteroatoms. The summed E-state index contributed by atoms with van der Waals surface area (Å²) in [7, 11) is 0. The minimum absolute atomic E-state index is 0.0675. The lowest BCUT2D eigenvalue weighted by Gasteiger charge is -2.28. The summed E-state index contributed by atoms with van der Waals surface area (Å²) < 4.78 is 0. The molecule has 164 valence electrons. The Hall–Kier alpha value is -1.99. The van der Waals surface area contributed by atoms with Crippen LogP contribution in [0.1, 0.15) is 25.7 Å². The van der Waals surface area contributed by atoms with Crippen LogP contribution in [-0.4, -0.2) is 81.8 Å². The molecule has 0 spiro atoms. The van der Waals surface area contributed by atoms with Gasteiger partial charge in [0, 0.05) is 24.5 Å². The monoisotopic (exact) mass is 449 g/mol. The van der Waals surface area contributed by atoms with Crippen molar-refractivity contribution in [2.45, 2.75) is 49.9 Å². The normalized spacial score (nSPS) is 19.1. The van der Waals surface area contributed by atoms with E-state index in [-0.39, 0.29) is 30.9 Å². The predicted octanol–water partition coefficient (Wildman–Crippen LogP) is -2.52. The summed E-state index contributed by atoms with van der Waals surface area (Å²) in [6.07, 6.45) is 0.515. The largest absolute Gasteiger partial charge is 0.480 e. The zero-order valence-corrected chi connectivity index (χ0v) is 17.5. The number of carbonyl (C=O) groups is 5. The first kappa shape index (κ1) is 25.0. The number of carbonyl (C=O) groups excluding carboxylic acids is 4. The fourth-order valence-electron chi connectivity index (χ4n) is 2.86. The fourth-order valence-corrected chi connectivity index (χ4v) is 3.28. The number of thiol groups is 2. The van der Waals surface area contributed by atoms with Crippen molar-refractivity contribution < 1.29 is 29.1 Å². The van der Waals surface area contributed by atoms with E-state index in [0.717, 1.165) is 0 Å². The topological polar surface area (TPSA) is 185 Å². The fraction of sp³-hybridized carbons (Fsp3) is 0.688. The molecule has 0 aromatic heterocycles. The van der Waals surface area contributed by atoms with Gasteiger partial charge in [0.15, 0.2) is 0 Å². The summed E-state index contributed by atoms with van der Waals surface area (Å²) in [6.45, 7) is 0.224. The van der Waals surface area contributed by atoms with Gasteiger partial charge in [-0.3, -0.25) is 19.2 Å². The Morgan fingerprint density at radius 1 is 1.07 bits per heavy atom. The number of nitrogens with one attached hydrogen (secondary N) is 2. The molecule has 0 bridgehead atoms. The van der Waals surface area contributed by atoms with E-state index in [9.17, 15) is 29.1 Å². The van der Waals surface area contributed by atoms with Gasteiger partial charge in [-0.1, -0.05) is 0 Å². The van der Waals surface area contributed by atoms with E-state index in [4.69, 9.17) is 11.5 Å². The quantitative estimate of drug-likeness (QED) is 0.170. The minimum atomic E-state index is -1.17. The van der Waals surface area contributed by atoms with Crippen LogP contribution in [0.2, 0.25) is 0 Å². The molecule has 4 atom stereocenters. The number of hydrogen-bond acceptors (Lipinski definition) is 8. The smallest absolute Gasteiger partial charge is 0.326 e. The highest BCUT2D eigenvalue weighted by Crippen LogP contribution is 2.19. The molecule has 0 aromatic rings. The number of carboxylic acid groups (broad SMARTS) is 1. The summed E-state index contributed by atoms with van der Waals surface area (Å²) in [5.41, 5.74) is 10.7. The second kappa shape index (κ2) is 11.9. The first-order chi connectivity index (χ1) is 13.6. The van der Waals surface area contributed by atoms with Gasteiger partial charge < -0.3 is 32.1 Å². The van der Waals surface area contributed by atoms with Crippen molar-refractivity contribution in [2.24, 2.45) is 11.5 Å². The van der Waals surface area contributed by atoms with E-state index in [2.05, 4.69) is 35.9 Å². The molecular formula is C16H27N5O6S2. The summed E-state index contributed by atoms with van der Waals surface area (Å²) >= 11 is 7.95. The van der Waals surface area contributed by atoms with Crippen LogP contribution in [-0.2, 0) is 24.0 Å². The van der Waals surface area contributed by atoms with Crippen LogP contribution < -0.4 is 22.1 Å². The van der Waals surface area contributed by atoms with Crippen molar-refractivity contribution in [2.75, 3.05) is 18.1 Å². The Kier molecular flexibility index (Phi) is 10.3. The molecular weight excluding hydrogens is 422 g/mol. The maximum atomic E-state index is 12.9. The van der Waals surface area contributed by atoms with Crippen molar-refractivity contribution >= 4 is 54.9 Å². The number of amides is 4. The molecule has 7 N–H and O–H groups in total. The van der Waals surface area contributed by atoms with Crippen molar-refractivity contribution in [3.8, 4) is 0 Å². The lowest BCUT2D eigenvalue weighted by atomic mass is 10.1. The Morgan fingerprint density at radius 3 is 2.21 bits per heavy atom. The Morgan fingerprint density at radius 2 is 1.69 bits per heavy atom. The Labute approximate surface area is 179 Å². The molecule has 1 fully saturated rings. The summed E-state index contributed by atoms with van der Waals surface area (Å²) in [4.78, 5) is 61.0. The number of rotatable bonds is 11. The zero-order valence-electron chi connectivity index (χ0n) is 15.7. The highest BCUT2D eigenvalue weighted by atomic mass is 32.1. The molecule has 4 unspecified atom stereocenters. The van der Waals surface area contributed by atoms with Crippen molar-refractivity contribution in [3.05, 3.63) is 0 Å². The van der Waals surface area contributed by atoms with Gasteiger partial charge >= 0.3 is 5.97 Å². The highest BCUT2D eigenvalue weighted by Gasteiger charge is 2.38. The number of nitrogens with zero attached hydrogens (tertiary/aromatic N) is 1. The first-order valence-corrected chi connectivity index (χ1v) is 10.3. The molecule has 0 aliphatic carbocycles. The van der Waals surface area contributed by atoms with Gasteiger partial charge in [-0.15, -0.1) is 0 Å². The van der Waals surface area contributed by atoms with Crippen LogP contribution in [0, 0.1) is 0 Å². The SMILES string of the molecule is NC(=O)CCC(NC(=O)C(CS)NC(=O)C(N)CS)C(=O)N1CCCC1C(=O)O. The second-order valence-electron chi connectivity index (χ2n) is 6.63. The number of carboxylic acids is 1.